The molecule has 0 aliphatic carbocycles. The first kappa shape index (κ1) is 22.2. The Labute approximate surface area is 160 Å². The summed E-state index contributed by atoms with van der Waals surface area (Å²) in [5.41, 5.74) is 2.10. The minimum Gasteiger partial charge on any atom is -0.481 e. The van der Waals surface area contributed by atoms with Crippen LogP contribution in [0, 0.1) is 0 Å². The first-order valence-electron chi connectivity index (χ1n) is 8.83. The topological polar surface area (TPSA) is 78.9 Å². The molecule has 26 heavy (non-hydrogen) atoms. The van der Waals surface area contributed by atoms with E-state index in [9.17, 15) is 9.59 Å². The zero-order chi connectivity index (χ0) is 19.7. The number of carboxylic acids is 1. The average molecular weight is 383 g/mol. The number of carbonyl (C=O) groups is 2. The molecule has 2 N–H and O–H groups in total. The quantitative estimate of drug-likeness (QED) is 0.608. The summed E-state index contributed by atoms with van der Waals surface area (Å²) < 4.78 is 5.36. The SMILES string of the molecule is CCN(CC)c1ccc(CSCCC(=O)O)c(NC(=O)OC(C)(C)C)c1. The summed E-state index contributed by atoms with van der Waals surface area (Å²) in [7, 11) is 0. The fraction of sp³-hybridized carbons (Fsp3) is 0.579. The van der Waals surface area contributed by atoms with E-state index < -0.39 is 17.7 Å². The van der Waals surface area contributed by atoms with Crippen LogP contribution in [0.1, 0.15) is 46.6 Å². The van der Waals surface area contributed by atoms with E-state index in [4.69, 9.17) is 9.84 Å². The number of nitrogens with zero attached hydrogens (tertiary/aromatic N) is 1. The van der Waals surface area contributed by atoms with Gasteiger partial charge in [0.15, 0.2) is 0 Å². The highest BCUT2D eigenvalue weighted by atomic mass is 32.2. The van der Waals surface area contributed by atoms with Gasteiger partial charge in [-0.15, -0.1) is 0 Å². The van der Waals surface area contributed by atoms with E-state index in [2.05, 4.69) is 24.1 Å². The van der Waals surface area contributed by atoms with Crippen LogP contribution in [0.3, 0.4) is 0 Å². The lowest BCUT2D eigenvalue weighted by Gasteiger charge is -2.24. The zero-order valence-corrected chi connectivity index (χ0v) is 17.1. The number of nitrogens with one attached hydrogen (secondary N) is 1. The number of hydrogen-bond donors (Lipinski definition) is 2. The van der Waals surface area contributed by atoms with E-state index in [-0.39, 0.29) is 6.42 Å². The Morgan fingerprint density at radius 1 is 1.23 bits per heavy atom. The smallest absolute Gasteiger partial charge is 0.412 e. The molecule has 0 spiro atoms. The van der Waals surface area contributed by atoms with Gasteiger partial charge in [-0.2, -0.15) is 11.8 Å². The molecule has 0 aliphatic rings. The van der Waals surface area contributed by atoms with Crippen molar-refractivity contribution in [2.45, 2.75) is 52.4 Å². The summed E-state index contributed by atoms with van der Waals surface area (Å²) in [4.78, 5) is 25.0. The van der Waals surface area contributed by atoms with Crippen LogP contribution < -0.4 is 10.2 Å². The summed E-state index contributed by atoms with van der Waals surface area (Å²) in [5, 5.41) is 11.6. The second-order valence-corrected chi connectivity index (χ2v) is 7.94. The van der Waals surface area contributed by atoms with Gasteiger partial charge < -0.3 is 14.7 Å². The first-order chi connectivity index (χ1) is 12.2. The lowest BCUT2D eigenvalue weighted by atomic mass is 10.1. The zero-order valence-electron chi connectivity index (χ0n) is 16.3. The number of rotatable bonds is 9. The molecule has 0 radical (unpaired) electrons. The van der Waals surface area contributed by atoms with Gasteiger partial charge in [0, 0.05) is 30.3 Å². The molecule has 1 aromatic carbocycles. The lowest BCUT2D eigenvalue weighted by molar-refractivity contribution is -0.136. The summed E-state index contributed by atoms with van der Waals surface area (Å²) >= 11 is 1.53. The molecule has 146 valence electrons. The standard InChI is InChI=1S/C19H30N2O4S/c1-6-21(7-2)15-9-8-14(13-26-11-10-17(22)23)16(12-15)20-18(24)25-19(3,4)5/h8-9,12H,6-7,10-11,13H2,1-5H3,(H,20,24)(H,22,23). The summed E-state index contributed by atoms with van der Waals surface area (Å²) in [6.45, 7) is 11.4. The number of aliphatic carboxylic acids is 1. The van der Waals surface area contributed by atoms with E-state index >= 15 is 0 Å². The highest BCUT2D eigenvalue weighted by molar-refractivity contribution is 7.98. The molecule has 0 aliphatic heterocycles. The predicted octanol–water partition coefficient (Wildman–Crippen LogP) is 4.59. The van der Waals surface area contributed by atoms with E-state index in [1.165, 1.54) is 11.8 Å². The summed E-state index contributed by atoms with van der Waals surface area (Å²) in [5.74, 6) is 0.345. The third-order valence-electron chi connectivity index (χ3n) is 3.58. The minimum absolute atomic E-state index is 0.122. The van der Waals surface area contributed by atoms with Gasteiger partial charge in [0.05, 0.1) is 12.1 Å². The Hall–Kier alpha value is -1.89. The average Bonchev–Trinajstić information content (AvgIpc) is 2.52. The molecule has 0 fully saturated rings. The number of amides is 1. The van der Waals surface area contributed by atoms with Crippen LogP contribution in [0.25, 0.3) is 0 Å². The van der Waals surface area contributed by atoms with Crippen molar-refractivity contribution in [3.63, 3.8) is 0 Å². The van der Waals surface area contributed by atoms with Crippen LogP contribution in [0.4, 0.5) is 16.2 Å². The molecule has 0 aromatic heterocycles. The Morgan fingerprint density at radius 2 is 1.88 bits per heavy atom. The Bertz CT molecular complexity index is 610. The van der Waals surface area contributed by atoms with Crippen molar-refractivity contribution < 1.29 is 19.4 Å². The number of benzene rings is 1. The maximum Gasteiger partial charge on any atom is 0.412 e. The van der Waals surface area contributed by atoms with Gasteiger partial charge in [-0.25, -0.2) is 4.79 Å². The molecular formula is C19H30N2O4S. The molecule has 6 nitrogen and oxygen atoms in total. The van der Waals surface area contributed by atoms with Crippen molar-refractivity contribution in [1.82, 2.24) is 0 Å². The van der Waals surface area contributed by atoms with Crippen LogP contribution in [-0.2, 0) is 15.3 Å². The normalized spacial score (nSPS) is 11.1. The molecule has 7 heteroatoms. The van der Waals surface area contributed by atoms with Gasteiger partial charge >= 0.3 is 12.1 Å². The molecule has 1 amide bonds. The third kappa shape index (κ3) is 7.99. The number of carboxylic acid groups (broad SMARTS) is 1. The van der Waals surface area contributed by atoms with Crippen LogP contribution in [0.5, 0.6) is 0 Å². The van der Waals surface area contributed by atoms with Crippen LogP contribution in [0.15, 0.2) is 18.2 Å². The third-order valence-corrected chi connectivity index (χ3v) is 4.58. The molecule has 1 aromatic rings. The molecule has 0 heterocycles. The van der Waals surface area contributed by atoms with Crippen molar-refractivity contribution in [2.75, 3.05) is 29.1 Å². The van der Waals surface area contributed by atoms with E-state index in [0.29, 0.717) is 17.2 Å². The van der Waals surface area contributed by atoms with Gasteiger partial charge in [0.1, 0.15) is 5.60 Å². The Balaban J connectivity index is 2.95. The number of carbonyl (C=O) groups excluding carboxylic acids is 1. The Kier molecular flexibility index (Phi) is 8.78. The van der Waals surface area contributed by atoms with Crippen LogP contribution >= 0.6 is 11.8 Å². The number of hydrogen-bond acceptors (Lipinski definition) is 5. The highest BCUT2D eigenvalue weighted by Gasteiger charge is 2.18. The number of anilines is 2. The van der Waals surface area contributed by atoms with Crippen LogP contribution in [0.2, 0.25) is 0 Å². The molecule has 0 atom stereocenters. The molecule has 0 unspecified atom stereocenters. The number of thioether (sulfide) groups is 1. The monoisotopic (exact) mass is 382 g/mol. The highest BCUT2D eigenvalue weighted by Crippen LogP contribution is 2.28. The van der Waals surface area contributed by atoms with Crippen molar-refractivity contribution in [3.05, 3.63) is 23.8 Å². The maximum absolute atomic E-state index is 12.2. The van der Waals surface area contributed by atoms with Crippen molar-refractivity contribution in [1.29, 1.82) is 0 Å². The van der Waals surface area contributed by atoms with E-state index in [1.807, 2.05) is 39.0 Å². The molecule has 0 saturated heterocycles. The fourth-order valence-electron chi connectivity index (χ4n) is 2.35. The second kappa shape index (κ2) is 10.3. The molecule has 1 rings (SSSR count). The van der Waals surface area contributed by atoms with Gasteiger partial charge in [-0.1, -0.05) is 6.07 Å². The van der Waals surface area contributed by atoms with Crippen molar-refractivity contribution >= 4 is 35.2 Å². The van der Waals surface area contributed by atoms with Crippen molar-refractivity contribution in [3.8, 4) is 0 Å². The molecule has 0 bridgehead atoms. The van der Waals surface area contributed by atoms with Gasteiger partial charge in [-0.3, -0.25) is 10.1 Å². The Morgan fingerprint density at radius 3 is 2.42 bits per heavy atom. The predicted molar refractivity (Wildman–Crippen MR) is 108 cm³/mol. The second-order valence-electron chi connectivity index (χ2n) is 6.84. The van der Waals surface area contributed by atoms with Crippen LogP contribution in [-0.4, -0.2) is 41.6 Å². The number of ether oxygens (including phenoxy) is 1. The maximum atomic E-state index is 12.2. The first-order valence-corrected chi connectivity index (χ1v) is 9.99. The van der Waals surface area contributed by atoms with Gasteiger partial charge in [0.2, 0.25) is 0 Å². The minimum atomic E-state index is -0.804. The largest absolute Gasteiger partial charge is 0.481 e. The fourth-order valence-corrected chi connectivity index (χ4v) is 3.28. The molecular weight excluding hydrogens is 352 g/mol. The van der Waals surface area contributed by atoms with Crippen molar-refractivity contribution in [2.24, 2.45) is 0 Å². The summed E-state index contributed by atoms with van der Waals surface area (Å²) in [6.07, 6.45) is -0.372. The van der Waals surface area contributed by atoms with E-state index in [0.717, 1.165) is 24.3 Å². The van der Waals surface area contributed by atoms with Gasteiger partial charge in [-0.05, 0) is 52.3 Å². The van der Waals surface area contributed by atoms with E-state index in [1.54, 1.807) is 0 Å². The molecule has 0 saturated carbocycles. The van der Waals surface area contributed by atoms with Gasteiger partial charge in [0.25, 0.3) is 0 Å². The summed E-state index contributed by atoms with van der Waals surface area (Å²) in [6, 6.07) is 5.96. The lowest BCUT2D eigenvalue weighted by Crippen LogP contribution is -2.28.